The molecule has 0 saturated carbocycles. The van der Waals surface area contributed by atoms with E-state index in [2.05, 4.69) is 16.8 Å². The minimum Gasteiger partial charge on any atom is -0.503 e. The first kappa shape index (κ1) is 17.2. The summed E-state index contributed by atoms with van der Waals surface area (Å²) in [5.74, 6) is -0.125. The van der Waals surface area contributed by atoms with E-state index in [0.717, 1.165) is 31.6 Å². The summed E-state index contributed by atoms with van der Waals surface area (Å²) in [7, 11) is 2.00. The second kappa shape index (κ2) is 7.92. The van der Waals surface area contributed by atoms with Crippen molar-refractivity contribution in [1.82, 2.24) is 14.5 Å². The van der Waals surface area contributed by atoms with Crippen molar-refractivity contribution in [2.45, 2.75) is 39.8 Å². The molecule has 0 atom stereocenters. The molecule has 0 aliphatic heterocycles. The lowest BCUT2D eigenvalue weighted by Gasteiger charge is -2.22. The Labute approximate surface area is 137 Å². The van der Waals surface area contributed by atoms with Crippen LogP contribution in [-0.2, 0) is 19.5 Å². The van der Waals surface area contributed by atoms with Crippen molar-refractivity contribution in [2.75, 3.05) is 13.6 Å². The topological polar surface area (TPSA) is 58.4 Å². The molecule has 2 aromatic rings. The number of rotatable bonds is 7. The van der Waals surface area contributed by atoms with Crippen molar-refractivity contribution in [3.8, 4) is 5.75 Å². The van der Waals surface area contributed by atoms with Crippen molar-refractivity contribution in [2.24, 2.45) is 0 Å². The van der Waals surface area contributed by atoms with Crippen molar-refractivity contribution in [3.63, 3.8) is 0 Å². The second-order valence-corrected chi connectivity index (χ2v) is 5.94. The molecule has 5 heteroatoms. The number of pyridine rings is 2. The molecule has 0 aliphatic rings. The smallest absolute Gasteiger partial charge is 0.223 e. The lowest BCUT2D eigenvalue weighted by atomic mass is 10.2. The Morgan fingerprint density at radius 2 is 2.00 bits per heavy atom. The molecule has 0 spiro atoms. The Balaban J connectivity index is 2.13. The highest BCUT2D eigenvalue weighted by molar-refractivity contribution is 5.29. The fourth-order valence-corrected chi connectivity index (χ4v) is 2.72. The Bertz CT molecular complexity index is 695. The van der Waals surface area contributed by atoms with Gasteiger partial charge < -0.3 is 14.6 Å². The number of aryl methyl sites for hydroxylation is 1. The molecule has 2 aromatic heterocycles. The van der Waals surface area contributed by atoms with Gasteiger partial charge in [0.1, 0.15) is 0 Å². The van der Waals surface area contributed by atoms with E-state index in [9.17, 15) is 9.90 Å². The monoisotopic (exact) mass is 315 g/mol. The van der Waals surface area contributed by atoms with Gasteiger partial charge in [0.15, 0.2) is 5.75 Å². The molecule has 0 aromatic carbocycles. The Morgan fingerprint density at radius 1 is 1.30 bits per heavy atom. The highest BCUT2D eigenvalue weighted by Gasteiger charge is 2.14. The third-order valence-electron chi connectivity index (χ3n) is 4.00. The number of nitrogens with zero attached hydrogens (tertiary/aromatic N) is 3. The third kappa shape index (κ3) is 4.42. The van der Waals surface area contributed by atoms with Crippen LogP contribution in [0.3, 0.4) is 0 Å². The van der Waals surface area contributed by atoms with Crippen LogP contribution in [0, 0.1) is 6.92 Å². The van der Waals surface area contributed by atoms with E-state index in [1.54, 1.807) is 12.4 Å². The maximum absolute atomic E-state index is 11.9. The molecule has 0 amide bonds. The molecule has 23 heavy (non-hydrogen) atoms. The molecular formula is C18H25N3O2. The Hall–Kier alpha value is -2.14. The van der Waals surface area contributed by atoms with Crippen LogP contribution in [-0.4, -0.2) is 33.1 Å². The molecule has 5 nitrogen and oxygen atoms in total. The summed E-state index contributed by atoms with van der Waals surface area (Å²) < 4.78 is 2.04. The predicted octanol–water partition coefficient (Wildman–Crippen LogP) is 2.34. The van der Waals surface area contributed by atoms with E-state index < -0.39 is 0 Å². The fourth-order valence-electron chi connectivity index (χ4n) is 2.72. The van der Waals surface area contributed by atoms with Gasteiger partial charge in [-0.2, -0.15) is 0 Å². The molecule has 0 fully saturated rings. The molecule has 0 saturated heterocycles. The number of hydrogen-bond donors (Lipinski definition) is 1. The molecule has 2 heterocycles. The zero-order valence-corrected chi connectivity index (χ0v) is 14.1. The normalized spacial score (nSPS) is 11.1. The van der Waals surface area contributed by atoms with E-state index in [-0.39, 0.29) is 11.2 Å². The largest absolute Gasteiger partial charge is 0.503 e. The quantitative estimate of drug-likeness (QED) is 0.852. The third-order valence-corrected chi connectivity index (χ3v) is 4.00. The molecule has 0 aliphatic carbocycles. The first-order valence-electron chi connectivity index (χ1n) is 8.02. The van der Waals surface area contributed by atoms with Crippen LogP contribution in [0.25, 0.3) is 0 Å². The number of likely N-dealkylation sites (N-methyl/N-ethyl adjacent to an activating group) is 1. The van der Waals surface area contributed by atoms with Gasteiger partial charge in [0.05, 0.1) is 5.69 Å². The molecule has 0 unspecified atom stereocenters. The van der Waals surface area contributed by atoms with Gasteiger partial charge in [-0.3, -0.25) is 9.78 Å². The molecular weight excluding hydrogens is 290 g/mol. The fraction of sp³-hybridized carbons (Fsp3) is 0.444. The average molecular weight is 315 g/mol. The molecule has 2 rings (SSSR count). The Kier molecular flexibility index (Phi) is 5.93. The SMILES string of the molecule is CCCn1c(C)cc(=O)c(O)c1CN(C)CCc1ccncc1. The van der Waals surface area contributed by atoms with Gasteiger partial charge in [-0.05, 0) is 44.5 Å². The number of aromatic nitrogens is 2. The summed E-state index contributed by atoms with van der Waals surface area (Å²) >= 11 is 0. The zero-order valence-electron chi connectivity index (χ0n) is 14.1. The van der Waals surface area contributed by atoms with E-state index in [1.807, 2.05) is 30.7 Å². The summed E-state index contributed by atoms with van der Waals surface area (Å²) in [6.07, 6.45) is 5.45. The van der Waals surface area contributed by atoms with E-state index >= 15 is 0 Å². The lowest BCUT2D eigenvalue weighted by molar-refractivity contribution is 0.309. The highest BCUT2D eigenvalue weighted by Crippen LogP contribution is 2.17. The molecule has 0 radical (unpaired) electrons. The first-order chi connectivity index (χ1) is 11.0. The second-order valence-electron chi connectivity index (χ2n) is 5.94. The summed E-state index contributed by atoms with van der Waals surface area (Å²) in [5, 5.41) is 10.2. The summed E-state index contributed by atoms with van der Waals surface area (Å²) in [6.45, 7) is 6.20. The first-order valence-corrected chi connectivity index (χ1v) is 8.02. The number of aromatic hydroxyl groups is 1. The minimum absolute atomic E-state index is 0.125. The average Bonchev–Trinajstić information content (AvgIpc) is 2.55. The highest BCUT2D eigenvalue weighted by atomic mass is 16.3. The van der Waals surface area contributed by atoms with Crippen LogP contribution in [0.4, 0.5) is 0 Å². The summed E-state index contributed by atoms with van der Waals surface area (Å²) in [6, 6.07) is 5.52. The van der Waals surface area contributed by atoms with E-state index in [0.29, 0.717) is 12.2 Å². The van der Waals surface area contributed by atoms with Crippen molar-refractivity contribution in [1.29, 1.82) is 0 Å². The van der Waals surface area contributed by atoms with Crippen LogP contribution in [0.2, 0.25) is 0 Å². The van der Waals surface area contributed by atoms with Crippen LogP contribution in [0.5, 0.6) is 5.75 Å². The summed E-state index contributed by atoms with van der Waals surface area (Å²) in [4.78, 5) is 18.0. The van der Waals surface area contributed by atoms with Crippen molar-refractivity contribution < 1.29 is 5.11 Å². The molecule has 0 bridgehead atoms. The zero-order chi connectivity index (χ0) is 16.8. The molecule has 124 valence electrons. The maximum Gasteiger partial charge on any atom is 0.223 e. The van der Waals surface area contributed by atoms with Crippen LogP contribution in [0.1, 0.15) is 30.3 Å². The minimum atomic E-state index is -0.299. The van der Waals surface area contributed by atoms with Crippen LogP contribution in [0.15, 0.2) is 35.4 Å². The van der Waals surface area contributed by atoms with E-state index in [4.69, 9.17) is 0 Å². The molecule has 1 N–H and O–H groups in total. The van der Waals surface area contributed by atoms with Crippen molar-refractivity contribution >= 4 is 0 Å². The lowest BCUT2D eigenvalue weighted by Crippen LogP contribution is -2.26. The van der Waals surface area contributed by atoms with Crippen LogP contribution < -0.4 is 5.43 Å². The van der Waals surface area contributed by atoms with Gasteiger partial charge in [-0.1, -0.05) is 6.92 Å². The van der Waals surface area contributed by atoms with Gasteiger partial charge >= 0.3 is 0 Å². The van der Waals surface area contributed by atoms with Gasteiger partial charge in [0.25, 0.3) is 0 Å². The van der Waals surface area contributed by atoms with E-state index in [1.165, 1.54) is 11.6 Å². The van der Waals surface area contributed by atoms with Gasteiger partial charge in [0.2, 0.25) is 5.43 Å². The van der Waals surface area contributed by atoms with Crippen molar-refractivity contribution in [3.05, 3.63) is 57.8 Å². The Morgan fingerprint density at radius 3 is 2.65 bits per heavy atom. The van der Waals surface area contributed by atoms with Gasteiger partial charge in [-0.15, -0.1) is 0 Å². The standard InChI is InChI=1S/C18H25N3O2/c1-4-10-21-14(2)12-17(22)18(23)16(21)13-20(3)11-7-15-5-8-19-9-6-15/h5-6,8-9,12,23H,4,7,10-11,13H2,1-3H3. The number of hydrogen-bond acceptors (Lipinski definition) is 4. The van der Waals surface area contributed by atoms with Crippen LogP contribution >= 0.6 is 0 Å². The maximum atomic E-state index is 11.9. The summed E-state index contributed by atoms with van der Waals surface area (Å²) in [5.41, 5.74) is 2.53. The van der Waals surface area contributed by atoms with Gasteiger partial charge in [0, 0.05) is 43.8 Å². The van der Waals surface area contributed by atoms with Gasteiger partial charge in [-0.25, -0.2) is 0 Å². The predicted molar refractivity (Wildman–Crippen MR) is 91.7 cm³/mol.